The van der Waals surface area contributed by atoms with Crippen LogP contribution in [0.25, 0.3) is 0 Å². The molecule has 138 valence electrons. The molecule has 4 atom stereocenters. The van der Waals surface area contributed by atoms with Gasteiger partial charge in [-0.05, 0) is 44.1 Å². The zero-order valence-corrected chi connectivity index (χ0v) is 15.4. The van der Waals surface area contributed by atoms with Gasteiger partial charge in [0.05, 0.1) is 24.8 Å². The monoisotopic (exact) mass is 363 g/mol. The van der Waals surface area contributed by atoms with Crippen LogP contribution >= 0.6 is 0 Å². The summed E-state index contributed by atoms with van der Waals surface area (Å²) in [6, 6.07) is 15.4. The summed E-state index contributed by atoms with van der Waals surface area (Å²) in [7, 11) is 0. The molecule has 0 aromatic heterocycles. The third-order valence-corrected chi connectivity index (χ3v) is 7.47. The molecule has 1 aromatic carbocycles. The largest absolute Gasteiger partial charge is 0.343 e. The lowest BCUT2D eigenvalue weighted by Crippen LogP contribution is -2.90. The minimum Gasteiger partial charge on any atom is -0.311 e. The topological polar surface area (TPSA) is 106 Å². The quantitative estimate of drug-likeness (QED) is 0.771. The number of nitrogens with two attached hydrogens (primary N) is 1. The van der Waals surface area contributed by atoms with E-state index in [1.54, 1.807) is 0 Å². The Labute approximate surface area is 158 Å². The van der Waals surface area contributed by atoms with Crippen molar-refractivity contribution in [2.24, 2.45) is 22.0 Å². The first-order valence-corrected chi connectivity index (χ1v) is 9.63. The highest BCUT2D eigenvalue weighted by atomic mass is 16.8. The van der Waals surface area contributed by atoms with Gasteiger partial charge in [-0.1, -0.05) is 30.3 Å². The first-order chi connectivity index (χ1) is 13.0. The number of rotatable bonds is 1. The first-order valence-electron chi connectivity index (χ1n) is 9.63. The Bertz CT molecular complexity index is 908. The summed E-state index contributed by atoms with van der Waals surface area (Å²) in [6.45, 7) is 2.29. The molecule has 2 aliphatic carbocycles. The summed E-state index contributed by atoms with van der Waals surface area (Å²) in [5, 5.41) is 20.5. The van der Waals surface area contributed by atoms with E-state index >= 15 is 0 Å². The predicted octanol–water partition coefficient (Wildman–Crippen LogP) is 0.905. The third-order valence-electron chi connectivity index (χ3n) is 7.47. The fraction of sp³-hybridized carbons (Fsp3) is 0.571. The molecule has 3 fully saturated rings. The number of benzene rings is 1. The maximum atomic E-state index is 10.3. The molecular weight excluding hydrogens is 340 g/mol. The fourth-order valence-corrected chi connectivity index (χ4v) is 6.36. The number of nitrogens with zero attached hydrogens (tertiary/aromatic N) is 2. The van der Waals surface area contributed by atoms with E-state index in [9.17, 15) is 10.5 Å². The van der Waals surface area contributed by atoms with Crippen molar-refractivity contribution in [2.45, 2.75) is 50.5 Å². The highest BCUT2D eigenvalue weighted by molar-refractivity contribution is 5.95. The van der Waals surface area contributed by atoms with Crippen LogP contribution < -0.4 is 10.7 Å². The number of ether oxygens (including phenoxy) is 2. The van der Waals surface area contributed by atoms with Crippen molar-refractivity contribution in [1.82, 2.24) is 0 Å². The number of fused-ring (bicyclic) bond motifs is 4. The van der Waals surface area contributed by atoms with E-state index in [-0.39, 0.29) is 6.10 Å². The standard InChI is InChI=1S/C21H22N4O2/c1-14-11-26-21(27-14)20(13-23)18(19(20,12-22)17(24)25-21)9-7-16(8-10-18)15-5-3-2-4-6-15/h2-6,14,16H,7-11H2,1H3,(H2,24,25)/p+1/t14-,16?,18?,19+,20-,21-/m1/s1. The van der Waals surface area contributed by atoms with Crippen LogP contribution in [0.3, 0.4) is 0 Å². The van der Waals surface area contributed by atoms with E-state index in [0.29, 0.717) is 18.4 Å². The third kappa shape index (κ3) is 1.57. The Kier molecular flexibility index (Phi) is 3.16. The molecule has 2 saturated carbocycles. The van der Waals surface area contributed by atoms with Gasteiger partial charge in [0.15, 0.2) is 10.8 Å². The smallest absolute Gasteiger partial charge is 0.311 e. The Morgan fingerprint density at radius 2 is 1.85 bits per heavy atom. The molecule has 27 heavy (non-hydrogen) atoms. The van der Waals surface area contributed by atoms with Gasteiger partial charge >= 0.3 is 5.91 Å². The molecule has 2 spiro atoms. The van der Waals surface area contributed by atoms with Gasteiger partial charge in [0.2, 0.25) is 0 Å². The highest BCUT2D eigenvalue weighted by Crippen LogP contribution is 2.87. The molecule has 5 rings (SSSR count). The number of nitrogens with one attached hydrogen (secondary N) is 1. The molecular formula is C21H23N4O2+. The van der Waals surface area contributed by atoms with E-state index in [2.05, 4.69) is 41.4 Å². The zero-order chi connectivity index (χ0) is 18.9. The second-order valence-electron chi connectivity index (χ2n) is 8.39. The molecule has 1 aromatic rings. The normalized spacial score (nSPS) is 47.3. The molecule has 6 heteroatoms. The van der Waals surface area contributed by atoms with Crippen LogP contribution in [0, 0.1) is 38.9 Å². The molecule has 3 N–H and O–H groups in total. The molecule has 1 saturated heterocycles. The summed E-state index contributed by atoms with van der Waals surface area (Å²) in [4.78, 5) is 3.06. The maximum Gasteiger partial charge on any atom is 0.343 e. The van der Waals surface area contributed by atoms with Crippen molar-refractivity contribution < 1.29 is 14.5 Å². The second-order valence-corrected chi connectivity index (χ2v) is 8.39. The van der Waals surface area contributed by atoms with Crippen LogP contribution in [0.5, 0.6) is 0 Å². The van der Waals surface area contributed by atoms with Gasteiger partial charge in [0.25, 0.3) is 5.84 Å². The fourth-order valence-electron chi connectivity index (χ4n) is 6.36. The summed E-state index contributed by atoms with van der Waals surface area (Å²) >= 11 is 0. The van der Waals surface area contributed by atoms with Gasteiger partial charge in [0, 0.05) is 5.41 Å². The van der Waals surface area contributed by atoms with Gasteiger partial charge in [0.1, 0.15) is 0 Å². The summed E-state index contributed by atoms with van der Waals surface area (Å²) in [6.07, 6.45) is 3.23. The summed E-state index contributed by atoms with van der Waals surface area (Å²) < 4.78 is 12.1. The minimum absolute atomic E-state index is 0.150. The van der Waals surface area contributed by atoms with Gasteiger partial charge in [-0.25, -0.2) is 4.99 Å². The number of amidine groups is 1. The van der Waals surface area contributed by atoms with Crippen molar-refractivity contribution in [3.05, 3.63) is 35.9 Å². The predicted molar refractivity (Wildman–Crippen MR) is 95.6 cm³/mol. The zero-order valence-electron chi connectivity index (χ0n) is 15.4. The average molecular weight is 363 g/mol. The Morgan fingerprint density at radius 1 is 1.15 bits per heavy atom. The van der Waals surface area contributed by atoms with E-state index in [1.807, 2.05) is 13.0 Å². The number of nitriles is 2. The van der Waals surface area contributed by atoms with Gasteiger partial charge in [-0.3, -0.25) is 5.73 Å². The van der Waals surface area contributed by atoms with Crippen LogP contribution in [-0.4, -0.2) is 24.5 Å². The number of hydrogen-bond acceptors (Lipinski definition) is 5. The molecule has 0 amide bonds. The maximum absolute atomic E-state index is 10.3. The molecule has 0 unspecified atom stereocenters. The highest BCUT2D eigenvalue weighted by Gasteiger charge is 3.03. The van der Waals surface area contributed by atoms with E-state index in [4.69, 9.17) is 15.2 Å². The van der Waals surface area contributed by atoms with Crippen LogP contribution in [-0.2, 0) is 9.47 Å². The van der Waals surface area contributed by atoms with Crippen LogP contribution in [0.15, 0.2) is 30.3 Å². The Balaban J connectivity index is 1.54. The van der Waals surface area contributed by atoms with Crippen LogP contribution in [0.2, 0.25) is 0 Å². The first kappa shape index (κ1) is 16.7. The average Bonchev–Trinajstić information content (AvgIpc) is 2.87. The van der Waals surface area contributed by atoms with Crippen LogP contribution in [0.1, 0.15) is 44.1 Å². The Hall–Kier alpha value is -2.41. The lowest BCUT2D eigenvalue weighted by Gasteiger charge is -2.35. The van der Waals surface area contributed by atoms with Gasteiger partial charge < -0.3 is 9.47 Å². The molecule has 0 bridgehead atoms. The SMILES string of the molecule is C[C@@H]1CO[C@@]2([NH+]=C(N)[C@@]3(C#N)C4(CCC(c5ccccc5)CC4)[C@@]23C#N)O1. The van der Waals surface area contributed by atoms with Gasteiger partial charge in [-0.2, -0.15) is 10.5 Å². The molecule has 2 aliphatic heterocycles. The van der Waals surface area contributed by atoms with E-state index < -0.39 is 22.2 Å². The molecule has 0 radical (unpaired) electrons. The Morgan fingerprint density at radius 3 is 2.41 bits per heavy atom. The van der Waals surface area contributed by atoms with Crippen LogP contribution in [0.4, 0.5) is 0 Å². The van der Waals surface area contributed by atoms with Crippen molar-refractivity contribution >= 4 is 5.84 Å². The molecule has 6 nitrogen and oxygen atoms in total. The van der Waals surface area contributed by atoms with E-state index in [0.717, 1.165) is 25.7 Å². The summed E-state index contributed by atoms with van der Waals surface area (Å²) in [5.41, 5.74) is 5.00. The van der Waals surface area contributed by atoms with Crippen molar-refractivity contribution in [3.63, 3.8) is 0 Å². The number of hydrogen-bond donors (Lipinski definition) is 2. The molecule has 2 heterocycles. The van der Waals surface area contributed by atoms with E-state index in [1.165, 1.54) is 5.56 Å². The van der Waals surface area contributed by atoms with Crippen molar-refractivity contribution in [3.8, 4) is 12.1 Å². The molecule has 4 aliphatic rings. The van der Waals surface area contributed by atoms with Gasteiger partial charge in [-0.15, -0.1) is 0 Å². The van der Waals surface area contributed by atoms with Crippen molar-refractivity contribution in [1.29, 1.82) is 10.5 Å². The minimum atomic E-state index is -1.30. The second kappa shape index (κ2) is 5.10. The lowest BCUT2D eigenvalue weighted by atomic mass is 9.71. The summed E-state index contributed by atoms with van der Waals surface area (Å²) in [5.74, 6) is -0.529. The lowest BCUT2D eigenvalue weighted by molar-refractivity contribution is -0.680. The van der Waals surface area contributed by atoms with Crippen molar-refractivity contribution in [2.75, 3.05) is 6.61 Å².